The van der Waals surface area contributed by atoms with Crippen LogP contribution in [0.4, 0.5) is 13.2 Å². The van der Waals surface area contributed by atoms with Gasteiger partial charge in [0.25, 0.3) is 0 Å². The summed E-state index contributed by atoms with van der Waals surface area (Å²) in [6.45, 7) is 0. The van der Waals surface area contributed by atoms with Gasteiger partial charge in [0, 0.05) is 29.5 Å². The summed E-state index contributed by atoms with van der Waals surface area (Å²) in [5.41, 5.74) is 1.90. The van der Waals surface area contributed by atoms with Gasteiger partial charge in [0.2, 0.25) is 0 Å². The van der Waals surface area contributed by atoms with E-state index in [4.69, 9.17) is 11.6 Å². The Morgan fingerprint density at radius 1 is 1.04 bits per heavy atom. The summed E-state index contributed by atoms with van der Waals surface area (Å²) < 4.78 is 40.5. The number of pyridine rings is 1. The molecule has 1 aliphatic rings. The largest absolute Gasteiger partial charge is 0.433 e. The molecule has 0 spiro atoms. The molecule has 0 aliphatic heterocycles. The van der Waals surface area contributed by atoms with E-state index >= 15 is 0 Å². The minimum absolute atomic E-state index is 0.218. The van der Waals surface area contributed by atoms with Gasteiger partial charge in [-0.15, -0.1) is 0 Å². The van der Waals surface area contributed by atoms with E-state index in [9.17, 15) is 13.2 Å². The summed E-state index contributed by atoms with van der Waals surface area (Å²) >= 11 is 6.11. The van der Waals surface area contributed by atoms with Crippen LogP contribution >= 0.6 is 11.6 Å². The van der Waals surface area contributed by atoms with Gasteiger partial charge in [-0.05, 0) is 41.3 Å². The lowest BCUT2D eigenvalue weighted by Crippen LogP contribution is -2.07. The highest BCUT2D eigenvalue weighted by atomic mass is 35.5. The monoisotopic (exact) mass is 388 g/mol. The summed E-state index contributed by atoms with van der Waals surface area (Å²) in [6, 6.07) is 8.52. The number of nitrogens with zero attached hydrogens (tertiary/aromatic N) is 4. The van der Waals surface area contributed by atoms with E-state index in [-0.39, 0.29) is 11.8 Å². The number of hydrogen-bond donors (Lipinski definition) is 0. The predicted molar refractivity (Wildman–Crippen MR) is 94.8 cm³/mol. The van der Waals surface area contributed by atoms with Gasteiger partial charge in [-0.2, -0.15) is 18.3 Å². The average Bonchev–Trinajstić information content (AvgIpc) is 3.29. The van der Waals surface area contributed by atoms with Gasteiger partial charge in [0.1, 0.15) is 10.8 Å². The quantitative estimate of drug-likeness (QED) is 0.473. The Morgan fingerprint density at radius 3 is 2.70 bits per heavy atom. The molecule has 1 unspecified atom stereocenters. The zero-order valence-corrected chi connectivity index (χ0v) is 14.5. The van der Waals surface area contributed by atoms with Crippen LogP contribution in [0, 0.1) is 0 Å². The number of hydrogen-bond acceptors (Lipinski definition) is 3. The van der Waals surface area contributed by atoms with Crippen LogP contribution in [0.1, 0.15) is 35.1 Å². The van der Waals surface area contributed by atoms with Gasteiger partial charge in [-0.1, -0.05) is 29.8 Å². The average molecular weight is 389 g/mol. The lowest BCUT2D eigenvalue weighted by atomic mass is 10.0. The van der Waals surface area contributed by atoms with E-state index in [1.54, 1.807) is 16.9 Å². The maximum Gasteiger partial charge on any atom is 0.433 e. The van der Waals surface area contributed by atoms with Gasteiger partial charge >= 0.3 is 6.18 Å². The third-order valence-electron chi connectivity index (χ3n) is 5.01. The fourth-order valence-corrected chi connectivity index (χ4v) is 3.83. The first-order valence-corrected chi connectivity index (χ1v) is 8.74. The Bertz CT molecular complexity index is 1180. The summed E-state index contributed by atoms with van der Waals surface area (Å²) in [6.07, 6.45) is 1.12. The molecule has 0 N–H and O–H groups in total. The number of alkyl halides is 3. The fraction of sp³-hybridized carbons (Fsp3) is 0.211. The topological polar surface area (TPSA) is 43.1 Å². The van der Waals surface area contributed by atoms with E-state index in [2.05, 4.69) is 15.1 Å². The molecular formula is C19H12ClF3N4. The molecule has 2 atom stereocenters. The predicted octanol–water partition coefficient (Wildman–Crippen LogP) is 5.22. The Balaban J connectivity index is 1.52. The van der Waals surface area contributed by atoms with Crippen molar-refractivity contribution in [1.82, 2.24) is 19.6 Å². The van der Waals surface area contributed by atoms with Crippen molar-refractivity contribution in [2.24, 2.45) is 0 Å². The lowest BCUT2D eigenvalue weighted by molar-refractivity contribution is -0.141. The van der Waals surface area contributed by atoms with Crippen molar-refractivity contribution in [3.05, 3.63) is 70.9 Å². The molecule has 4 aromatic rings. The molecule has 1 fully saturated rings. The van der Waals surface area contributed by atoms with Gasteiger partial charge in [0.15, 0.2) is 5.65 Å². The molecule has 27 heavy (non-hydrogen) atoms. The third kappa shape index (κ3) is 2.82. The standard InChI is InChI=1S/C19H12ClF3N4/c20-17-8-15(18-24-3-4-27(18)26-17)14-7-13(14)10-1-2-11-9-25-16(19(21,22)23)6-12(11)5-10/h1-6,8-9,13-14H,7H2/t13?,14-/m0/s1. The minimum atomic E-state index is -4.45. The second-order valence-electron chi connectivity index (χ2n) is 6.74. The highest BCUT2D eigenvalue weighted by molar-refractivity contribution is 6.29. The summed E-state index contributed by atoms with van der Waals surface area (Å²) in [5, 5.41) is 5.80. The number of aromatic nitrogens is 4. The fourth-order valence-electron chi connectivity index (χ4n) is 3.63. The van der Waals surface area contributed by atoms with Crippen molar-refractivity contribution < 1.29 is 13.2 Å². The van der Waals surface area contributed by atoms with Crippen molar-refractivity contribution in [3.8, 4) is 0 Å². The van der Waals surface area contributed by atoms with Crippen LogP contribution in [0.3, 0.4) is 0 Å². The van der Waals surface area contributed by atoms with Crippen LogP contribution in [-0.4, -0.2) is 19.6 Å². The second kappa shape index (κ2) is 5.66. The first-order chi connectivity index (χ1) is 12.9. The Morgan fingerprint density at radius 2 is 1.89 bits per heavy atom. The molecule has 136 valence electrons. The van der Waals surface area contributed by atoms with Crippen LogP contribution in [-0.2, 0) is 6.18 Å². The first kappa shape index (κ1) is 16.5. The molecule has 1 aliphatic carbocycles. The van der Waals surface area contributed by atoms with Crippen molar-refractivity contribution >= 4 is 28.0 Å². The van der Waals surface area contributed by atoms with Crippen molar-refractivity contribution in [2.45, 2.75) is 24.4 Å². The summed E-state index contributed by atoms with van der Waals surface area (Å²) in [4.78, 5) is 7.86. The molecule has 4 nitrogen and oxygen atoms in total. The number of imidazole rings is 1. The van der Waals surface area contributed by atoms with Gasteiger partial charge in [-0.25, -0.2) is 9.50 Å². The number of halogens is 4. The van der Waals surface area contributed by atoms with Crippen LogP contribution in [0.5, 0.6) is 0 Å². The highest BCUT2D eigenvalue weighted by Crippen LogP contribution is 2.55. The molecule has 3 aromatic heterocycles. The molecule has 0 amide bonds. The SMILES string of the molecule is FC(F)(F)c1cc2cc(C3C[C@@H]3c3cc(Cl)nn4ccnc34)ccc2cn1. The highest BCUT2D eigenvalue weighted by Gasteiger charge is 2.41. The molecule has 0 radical (unpaired) electrons. The van der Waals surface area contributed by atoms with Gasteiger partial charge < -0.3 is 0 Å². The van der Waals surface area contributed by atoms with Crippen molar-refractivity contribution in [1.29, 1.82) is 0 Å². The van der Waals surface area contributed by atoms with E-state index in [1.807, 2.05) is 24.3 Å². The zero-order valence-electron chi connectivity index (χ0n) is 13.8. The van der Waals surface area contributed by atoms with E-state index in [0.29, 0.717) is 15.9 Å². The van der Waals surface area contributed by atoms with Crippen LogP contribution in [0.15, 0.2) is 48.9 Å². The molecule has 3 heterocycles. The molecule has 5 rings (SSSR count). The number of rotatable bonds is 2. The third-order valence-corrected chi connectivity index (χ3v) is 5.20. The Hall–Kier alpha value is -2.67. The molecular weight excluding hydrogens is 377 g/mol. The Labute approximate surface area is 156 Å². The second-order valence-corrected chi connectivity index (χ2v) is 7.13. The van der Waals surface area contributed by atoms with Crippen LogP contribution in [0.2, 0.25) is 5.15 Å². The van der Waals surface area contributed by atoms with Gasteiger partial charge in [-0.3, -0.25) is 4.98 Å². The molecule has 1 aromatic carbocycles. The van der Waals surface area contributed by atoms with Crippen LogP contribution < -0.4 is 0 Å². The smallest absolute Gasteiger partial charge is 0.251 e. The van der Waals surface area contributed by atoms with Crippen LogP contribution in [0.25, 0.3) is 16.4 Å². The van der Waals surface area contributed by atoms with E-state index in [0.717, 1.165) is 29.3 Å². The van der Waals surface area contributed by atoms with Crippen molar-refractivity contribution in [2.75, 3.05) is 0 Å². The number of benzene rings is 1. The maximum absolute atomic E-state index is 12.9. The minimum Gasteiger partial charge on any atom is -0.251 e. The molecule has 0 saturated heterocycles. The van der Waals surface area contributed by atoms with E-state index in [1.165, 1.54) is 6.20 Å². The van der Waals surface area contributed by atoms with Gasteiger partial charge in [0.05, 0.1) is 0 Å². The molecule has 8 heteroatoms. The summed E-state index contributed by atoms with van der Waals surface area (Å²) in [5.74, 6) is 0.438. The zero-order chi connectivity index (χ0) is 18.8. The lowest BCUT2D eigenvalue weighted by Gasteiger charge is -2.08. The van der Waals surface area contributed by atoms with Crippen molar-refractivity contribution in [3.63, 3.8) is 0 Å². The first-order valence-electron chi connectivity index (χ1n) is 8.37. The van der Waals surface area contributed by atoms with E-state index < -0.39 is 11.9 Å². The Kier molecular flexibility index (Phi) is 3.46. The molecule has 0 bridgehead atoms. The number of fused-ring (bicyclic) bond motifs is 2. The maximum atomic E-state index is 12.9. The summed E-state index contributed by atoms with van der Waals surface area (Å²) in [7, 11) is 0. The molecule has 1 saturated carbocycles. The normalized spacial score (nSPS) is 19.7.